The van der Waals surface area contributed by atoms with E-state index in [1.165, 1.54) is 0 Å². The number of benzene rings is 1. The van der Waals surface area contributed by atoms with E-state index >= 15 is 0 Å². The summed E-state index contributed by atoms with van der Waals surface area (Å²) in [5.74, 6) is 0. The van der Waals surface area contributed by atoms with Crippen LogP contribution >= 0.6 is 12.4 Å². The summed E-state index contributed by atoms with van der Waals surface area (Å²) in [6.07, 6.45) is 1.96. The van der Waals surface area contributed by atoms with Crippen LogP contribution in [0, 0.1) is 0 Å². The van der Waals surface area contributed by atoms with Crippen molar-refractivity contribution in [2.75, 3.05) is 5.73 Å². The number of nitrogen functional groups attached to an aromatic ring is 1. The second-order valence-electron chi connectivity index (χ2n) is 5.81. The summed E-state index contributed by atoms with van der Waals surface area (Å²) in [7, 11) is -3.84. The number of nitrogens with two attached hydrogens (primary N) is 1. The molecule has 0 radical (unpaired) electrons. The van der Waals surface area contributed by atoms with Gasteiger partial charge in [-0.1, -0.05) is 6.07 Å². The summed E-state index contributed by atoms with van der Waals surface area (Å²) < 4.78 is 53.3. The number of aromatic nitrogens is 2. The minimum absolute atomic E-state index is 0. The van der Waals surface area contributed by atoms with Crippen molar-refractivity contribution in [3.8, 4) is 0 Å². The number of nitrogens with zero attached hydrogens (tertiary/aromatic N) is 2. The Hall–Kier alpha value is -1.71. The van der Waals surface area contributed by atoms with E-state index in [4.69, 9.17) is 5.73 Å². The van der Waals surface area contributed by atoms with Crippen LogP contribution in [0.4, 0.5) is 14.5 Å². The highest BCUT2D eigenvalue weighted by atomic mass is 35.5. The summed E-state index contributed by atoms with van der Waals surface area (Å²) in [4.78, 5) is -0.120. The number of halogens is 3. The molecule has 2 aromatic rings. The highest BCUT2D eigenvalue weighted by molar-refractivity contribution is 7.89. The Morgan fingerprint density at radius 3 is 2.88 bits per heavy atom. The van der Waals surface area contributed by atoms with Crippen molar-refractivity contribution in [1.29, 1.82) is 0 Å². The molecule has 1 aliphatic carbocycles. The predicted octanol–water partition coefficient (Wildman–Crippen LogP) is 2.51. The molecule has 0 amide bonds. The lowest BCUT2D eigenvalue weighted by atomic mass is 9.88. The van der Waals surface area contributed by atoms with Crippen molar-refractivity contribution >= 4 is 28.1 Å². The van der Waals surface area contributed by atoms with E-state index in [2.05, 4.69) is 9.82 Å². The number of hydrogen-bond acceptors (Lipinski definition) is 4. The Bertz CT molecular complexity index is 842. The lowest BCUT2D eigenvalue weighted by molar-refractivity contribution is 0.121. The van der Waals surface area contributed by atoms with Crippen LogP contribution in [0.25, 0.3) is 0 Å². The van der Waals surface area contributed by atoms with Crippen LogP contribution in [-0.4, -0.2) is 24.6 Å². The molecule has 138 valence electrons. The first-order valence-electron chi connectivity index (χ1n) is 7.56. The van der Waals surface area contributed by atoms with Gasteiger partial charge in [0.15, 0.2) is 0 Å². The van der Waals surface area contributed by atoms with Gasteiger partial charge >= 0.3 is 0 Å². The number of nitrogens with one attached hydrogen (secondary N) is 1. The van der Waals surface area contributed by atoms with E-state index in [0.29, 0.717) is 12.1 Å². The Labute approximate surface area is 150 Å². The zero-order valence-corrected chi connectivity index (χ0v) is 14.9. The van der Waals surface area contributed by atoms with Crippen molar-refractivity contribution in [2.45, 2.75) is 43.2 Å². The topological polar surface area (TPSA) is 90.0 Å². The van der Waals surface area contributed by atoms with Crippen molar-refractivity contribution in [1.82, 2.24) is 14.5 Å². The first kappa shape index (κ1) is 19.6. The molecule has 0 aliphatic heterocycles. The Morgan fingerprint density at radius 1 is 1.40 bits per heavy atom. The molecule has 0 spiro atoms. The number of sulfonamides is 1. The summed E-state index contributed by atoms with van der Waals surface area (Å²) >= 11 is 0. The van der Waals surface area contributed by atoms with E-state index in [1.807, 2.05) is 12.1 Å². The second kappa shape index (κ2) is 7.67. The molecule has 3 N–H and O–H groups in total. The molecule has 1 aromatic carbocycles. The summed E-state index contributed by atoms with van der Waals surface area (Å²) in [6.45, 7) is -0.638. The zero-order chi connectivity index (χ0) is 17.3. The first-order chi connectivity index (χ1) is 11.3. The van der Waals surface area contributed by atoms with Gasteiger partial charge in [0.25, 0.3) is 6.43 Å². The predicted molar refractivity (Wildman–Crippen MR) is 92.3 cm³/mol. The molecule has 1 aromatic heterocycles. The van der Waals surface area contributed by atoms with Gasteiger partial charge in [0.05, 0.1) is 6.20 Å². The number of rotatable bonds is 5. The highest BCUT2D eigenvalue weighted by Crippen LogP contribution is 2.32. The van der Waals surface area contributed by atoms with Crippen LogP contribution in [-0.2, 0) is 23.0 Å². The Morgan fingerprint density at radius 2 is 2.16 bits per heavy atom. The normalized spacial score (nSPS) is 17.2. The van der Waals surface area contributed by atoms with Crippen molar-refractivity contribution in [3.63, 3.8) is 0 Å². The summed E-state index contributed by atoms with van der Waals surface area (Å²) in [6, 6.07) is 5.07. The van der Waals surface area contributed by atoms with Gasteiger partial charge in [-0.3, -0.25) is 4.68 Å². The molecule has 10 heteroatoms. The number of anilines is 1. The van der Waals surface area contributed by atoms with Gasteiger partial charge < -0.3 is 5.73 Å². The fraction of sp³-hybridized carbons (Fsp3) is 0.400. The standard InChI is InChI=1S/C15H18F2N4O2S.ClH/c16-15(17)9-21-8-12(7-19-21)24(22,23)20-14-3-1-2-10-6-11(18)4-5-13(10)14;/h4-8,14-15,20H,1-3,9,18H2;1H. The maximum absolute atomic E-state index is 12.5. The number of fused-ring (bicyclic) bond motifs is 1. The SMILES string of the molecule is Cl.Nc1ccc2c(c1)CCCC2NS(=O)(=O)c1cnn(CC(F)F)c1. The molecule has 1 atom stereocenters. The molecule has 1 aliphatic rings. The minimum atomic E-state index is -3.84. The molecule has 6 nitrogen and oxygen atoms in total. The maximum Gasteiger partial charge on any atom is 0.257 e. The quantitative estimate of drug-likeness (QED) is 0.765. The van der Waals surface area contributed by atoms with Gasteiger partial charge in [0.1, 0.15) is 11.4 Å². The van der Waals surface area contributed by atoms with Crippen LogP contribution in [0.1, 0.15) is 30.0 Å². The molecule has 0 fully saturated rings. The van der Waals surface area contributed by atoms with Crippen LogP contribution < -0.4 is 10.5 Å². The third-order valence-electron chi connectivity index (χ3n) is 4.02. The van der Waals surface area contributed by atoms with E-state index in [-0.39, 0.29) is 23.3 Å². The van der Waals surface area contributed by atoms with Gasteiger partial charge in [-0.15, -0.1) is 12.4 Å². The van der Waals surface area contributed by atoms with Crippen molar-refractivity contribution < 1.29 is 17.2 Å². The van der Waals surface area contributed by atoms with Crippen LogP contribution in [0.3, 0.4) is 0 Å². The molecule has 1 heterocycles. The Balaban J connectivity index is 0.00000225. The molecule has 1 unspecified atom stereocenters. The number of aryl methyl sites for hydroxylation is 1. The number of hydrogen-bond donors (Lipinski definition) is 2. The second-order valence-corrected chi connectivity index (χ2v) is 7.53. The van der Waals surface area contributed by atoms with E-state index < -0.39 is 23.0 Å². The molecule has 0 saturated heterocycles. The van der Waals surface area contributed by atoms with Crippen LogP contribution in [0.15, 0.2) is 35.5 Å². The average molecular weight is 393 g/mol. The molecular weight excluding hydrogens is 374 g/mol. The highest BCUT2D eigenvalue weighted by Gasteiger charge is 2.27. The maximum atomic E-state index is 12.5. The lowest BCUT2D eigenvalue weighted by Gasteiger charge is -2.26. The fourth-order valence-electron chi connectivity index (χ4n) is 2.94. The van der Waals surface area contributed by atoms with E-state index in [9.17, 15) is 17.2 Å². The van der Waals surface area contributed by atoms with Gasteiger partial charge in [-0.2, -0.15) is 5.10 Å². The van der Waals surface area contributed by atoms with Crippen molar-refractivity contribution in [3.05, 3.63) is 41.7 Å². The molecule has 0 bridgehead atoms. The molecule has 0 saturated carbocycles. The zero-order valence-electron chi connectivity index (χ0n) is 13.2. The minimum Gasteiger partial charge on any atom is -0.399 e. The molecular formula is C15H19ClF2N4O2S. The van der Waals surface area contributed by atoms with Gasteiger partial charge in [-0.25, -0.2) is 21.9 Å². The summed E-state index contributed by atoms with van der Waals surface area (Å²) in [5.41, 5.74) is 8.35. The van der Waals surface area contributed by atoms with Crippen LogP contribution in [0.2, 0.25) is 0 Å². The van der Waals surface area contributed by atoms with E-state index in [1.54, 1.807) is 6.07 Å². The molecule has 3 rings (SSSR count). The monoisotopic (exact) mass is 392 g/mol. The first-order valence-corrected chi connectivity index (χ1v) is 9.05. The summed E-state index contributed by atoms with van der Waals surface area (Å²) in [5, 5.41) is 3.67. The number of alkyl halides is 2. The Kier molecular flexibility index (Phi) is 6.02. The lowest BCUT2D eigenvalue weighted by Crippen LogP contribution is -2.31. The van der Waals surface area contributed by atoms with Gasteiger partial charge in [0, 0.05) is 17.9 Å². The molecule has 25 heavy (non-hydrogen) atoms. The van der Waals surface area contributed by atoms with E-state index in [0.717, 1.165) is 41.0 Å². The van der Waals surface area contributed by atoms with Gasteiger partial charge in [-0.05, 0) is 42.5 Å². The smallest absolute Gasteiger partial charge is 0.257 e. The van der Waals surface area contributed by atoms with Crippen molar-refractivity contribution in [2.24, 2.45) is 0 Å². The third-order valence-corrected chi connectivity index (χ3v) is 5.45. The van der Waals surface area contributed by atoms with Crippen LogP contribution in [0.5, 0.6) is 0 Å². The largest absolute Gasteiger partial charge is 0.399 e. The fourth-order valence-corrected chi connectivity index (χ4v) is 4.14. The average Bonchev–Trinajstić information content (AvgIpc) is 2.95. The van der Waals surface area contributed by atoms with Gasteiger partial charge in [0.2, 0.25) is 10.0 Å². The third kappa shape index (κ3) is 4.47.